The molecule has 3 N–H and O–H groups in total. The van der Waals surface area contributed by atoms with E-state index in [1.54, 1.807) is 11.3 Å². The van der Waals surface area contributed by atoms with Gasteiger partial charge in [0.2, 0.25) is 5.00 Å². The maximum Gasteiger partial charge on any atom is 0.226 e. The van der Waals surface area contributed by atoms with E-state index in [-0.39, 0.29) is 0 Å². The third kappa shape index (κ3) is 1.88. The smallest absolute Gasteiger partial charge is 0.226 e. The van der Waals surface area contributed by atoms with Crippen LogP contribution in [0.15, 0.2) is 41.8 Å². The number of benzene rings is 1. The minimum absolute atomic E-state index is 0.844. The molecule has 0 fully saturated rings. The molecular weight excluding hydrogens is 182 g/mol. The van der Waals surface area contributed by atoms with Crippen molar-refractivity contribution in [1.82, 2.24) is 0 Å². The van der Waals surface area contributed by atoms with E-state index in [4.69, 9.17) is 4.74 Å². The van der Waals surface area contributed by atoms with Gasteiger partial charge in [-0.05, 0) is 18.2 Å². The van der Waals surface area contributed by atoms with Crippen molar-refractivity contribution in [2.24, 2.45) is 0 Å². The lowest BCUT2D eigenvalue weighted by Crippen LogP contribution is -2.39. The quantitative estimate of drug-likeness (QED) is 0.779. The predicted molar refractivity (Wildman–Crippen MR) is 53.4 cm³/mol. The number of hydrogen-bond donors (Lipinski definition) is 1. The van der Waals surface area contributed by atoms with E-state index >= 15 is 0 Å². The molecule has 0 amide bonds. The summed E-state index contributed by atoms with van der Waals surface area (Å²) < 4.78 is 5.60. The van der Waals surface area contributed by atoms with E-state index in [1.165, 1.54) is 0 Å². The van der Waals surface area contributed by atoms with Crippen molar-refractivity contribution in [3.8, 4) is 11.5 Å². The zero-order valence-electron chi connectivity index (χ0n) is 7.07. The molecule has 0 spiro atoms. The molecule has 0 aliphatic carbocycles. The number of ether oxygens (including phenoxy) is 1. The zero-order valence-corrected chi connectivity index (χ0v) is 7.88. The van der Waals surface area contributed by atoms with Crippen molar-refractivity contribution in [3.05, 3.63) is 41.8 Å². The van der Waals surface area contributed by atoms with Crippen LogP contribution in [0.4, 0.5) is 5.00 Å². The Morgan fingerprint density at radius 3 is 2.46 bits per heavy atom. The van der Waals surface area contributed by atoms with Crippen LogP contribution in [0.5, 0.6) is 11.5 Å². The van der Waals surface area contributed by atoms with Crippen molar-refractivity contribution in [3.63, 3.8) is 0 Å². The SMILES string of the molecule is [NH3+]c1sccc1Oc1ccccc1. The third-order valence-corrected chi connectivity index (χ3v) is 2.43. The number of hydrogen-bond acceptors (Lipinski definition) is 2. The lowest BCUT2D eigenvalue weighted by atomic mass is 10.3. The lowest BCUT2D eigenvalue weighted by molar-refractivity contribution is -0.250. The normalized spacial score (nSPS) is 9.92. The molecule has 1 aromatic carbocycles. The molecule has 0 radical (unpaired) electrons. The van der Waals surface area contributed by atoms with Gasteiger partial charge in [-0.15, -0.1) is 0 Å². The van der Waals surface area contributed by atoms with Crippen molar-refractivity contribution in [2.45, 2.75) is 0 Å². The molecule has 1 heterocycles. The lowest BCUT2D eigenvalue weighted by Gasteiger charge is -2.01. The van der Waals surface area contributed by atoms with Gasteiger partial charge in [0.1, 0.15) is 5.75 Å². The first-order chi connectivity index (χ1) is 6.36. The van der Waals surface area contributed by atoms with Gasteiger partial charge in [-0.1, -0.05) is 29.5 Å². The van der Waals surface area contributed by atoms with Gasteiger partial charge in [0.25, 0.3) is 0 Å². The zero-order chi connectivity index (χ0) is 9.10. The summed E-state index contributed by atoms with van der Waals surface area (Å²) in [4.78, 5) is 0. The first-order valence-corrected chi connectivity index (χ1v) is 4.86. The van der Waals surface area contributed by atoms with Crippen LogP contribution in [-0.2, 0) is 0 Å². The van der Waals surface area contributed by atoms with Crippen LogP contribution < -0.4 is 10.5 Å². The standard InChI is InChI=1S/C10H9NOS/c11-10-9(6-7-13-10)12-8-4-2-1-3-5-8/h1-7H,11H2/p+1. The van der Waals surface area contributed by atoms with E-state index in [9.17, 15) is 0 Å². The minimum Gasteiger partial charge on any atom is -0.450 e. The fourth-order valence-corrected chi connectivity index (χ4v) is 1.62. The van der Waals surface area contributed by atoms with Gasteiger partial charge in [0, 0.05) is 5.38 Å². The van der Waals surface area contributed by atoms with Crippen molar-refractivity contribution in [2.75, 3.05) is 0 Å². The second-order valence-corrected chi connectivity index (χ2v) is 3.62. The van der Waals surface area contributed by atoms with Gasteiger partial charge in [-0.3, -0.25) is 0 Å². The maximum atomic E-state index is 5.60. The summed E-state index contributed by atoms with van der Waals surface area (Å²) in [5, 5.41) is 2.93. The molecule has 0 saturated heterocycles. The summed E-state index contributed by atoms with van der Waals surface area (Å²) in [5.41, 5.74) is 3.87. The van der Waals surface area contributed by atoms with Crippen LogP contribution >= 0.6 is 11.3 Å². The Morgan fingerprint density at radius 1 is 1.08 bits per heavy atom. The summed E-state index contributed by atoms with van der Waals surface area (Å²) in [5.74, 6) is 1.70. The molecule has 2 nitrogen and oxygen atoms in total. The molecule has 3 heteroatoms. The number of rotatable bonds is 2. The van der Waals surface area contributed by atoms with Crippen molar-refractivity contribution >= 4 is 16.3 Å². The van der Waals surface area contributed by atoms with E-state index in [2.05, 4.69) is 5.73 Å². The van der Waals surface area contributed by atoms with Gasteiger partial charge in [0.05, 0.1) is 0 Å². The highest BCUT2D eigenvalue weighted by atomic mass is 32.1. The molecule has 66 valence electrons. The monoisotopic (exact) mass is 192 g/mol. The van der Waals surface area contributed by atoms with E-state index in [0.717, 1.165) is 16.5 Å². The van der Waals surface area contributed by atoms with Gasteiger partial charge >= 0.3 is 0 Å². The highest BCUT2D eigenvalue weighted by molar-refractivity contribution is 7.13. The second-order valence-electron chi connectivity index (χ2n) is 2.62. The Labute approximate surface area is 80.6 Å². The third-order valence-electron chi connectivity index (χ3n) is 1.68. The molecule has 0 atom stereocenters. The average Bonchev–Trinajstić information content (AvgIpc) is 2.54. The summed E-state index contributed by atoms with van der Waals surface area (Å²) in [6.07, 6.45) is 0. The molecule has 0 aliphatic heterocycles. The molecule has 0 aliphatic rings. The summed E-state index contributed by atoms with van der Waals surface area (Å²) in [7, 11) is 0. The molecule has 13 heavy (non-hydrogen) atoms. The average molecular weight is 192 g/mol. The number of thiophene rings is 1. The molecule has 2 rings (SSSR count). The van der Waals surface area contributed by atoms with E-state index < -0.39 is 0 Å². The molecule has 0 bridgehead atoms. The number of quaternary nitrogens is 1. The largest absolute Gasteiger partial charge is 0.450 e. The molecule has 2 aromatic rings. The van der Waals surface area contributed by atoms with E-state index in [1.807, 2.05) is 41.8 Å². The first kappa shape index (κ1) is 8.29. The van der Waals surface area contributed by atoms with Gasteiger partial charge < -0.3 is 10.5 Å². The molecule has 1 aromatic heterocycles. The molecule has 0 unspecified atom stereocenters. The van der Waals surface area contributed by atoms with Crippen LogP contribution in [0.3, 0.4) is 0 Å². The summed E-state index contributed by atoms with van der Waals surface area (Å²) in [6.45, 7) is 0. The highest BCUT2D eigenvalue weighted by Crippen LogP contribution is 2.29. The van der Waals surface area contributed by atoms with Gasteiger partial charge in [-0.2, -0.15) is 0 Å². The maximum absolute atomic E-state index is 5.60. The van der Waals surface area contributed by atoms with Crippen molar-refractivity contribution in [1.29, 1.82) is 0 Å². The van der Waals surface area contributed by atoms with Crippen LogP contribution in [0, 0.1) is 0 Å². The Hall–Kier alpha value is -1.32. The Bertz CT molecular complexity index is 383. The predicted octanol–water partition coefficient (Wildman–Crippen LogP) is 2.41. The molecule has 0 saturated carbocycles. The Balaban J connectivity index is 2.20. The topological polar surface area (TPSA) is 36.9 Å². The van der Waals surface area contributed by atoms with Gasteiger partial charge in [0.15, 0.2) is 5.75 Å². The van der Waals surface area contributed by atoms with Crippen LogP contribution in [0.1, 0.15) is 0 Å². The second kappa shape index (κ2) is 3.60. The Morgan fingerprint density at radius 2 is 1.85 bits per heavy atom. The van der Waals surface area contributed by atoms with E-state index in [0.29, 0.717) is 0 Å². The Kier molecular flexibility index (Phi) is 2.29. The number of para-hydroxylation sites is 1. The van der Waals surface area contributed by atoms with Crippen LogP contribution in [0.2, 0.25) is 0 Å². The first-order valence-electron chi connectivity index (χ1n) is 3.98. The van der Waals surface area contributed by atoms with Crippen LogP contribution in [0.25, 0.3) is 0 Å². The fraction of sp³-hybridized carbons (Fsp3) is 0. The summed E-state index contributed by atoms with van der Waals surface area (Å²) >= 11 is 1.59. The van der Waals surface area contributed by atoms with Crippen LogP contribution in [-0.4, -0.2) is 0 Å². The highest BCUT2D eigenvalue weighted by Gasteiger charge is 2.04. The van der Waals surface area contributed by atoms with Crippen molar-refractivity contribution < 1.29 is 10.5 Å². The summed E-state index contributed by atoms with van der Waals surface area (Å²) in [6, 6.07) is 11.6. The minimum atomic E-state index is 0.844. The molecular formula is C10H10NOS+. The van der Waals surface area contributed by atoms with Gasteiger partial charge in [-0.25, -0.2) is 0 Å². The fourth-order valence-electron chi connectivity index (χ4n) is 1.04.